The Morgan fingerprint density at radius 2 is 1.57 bits per heavy atom. The van der Waals surface area contributed by atoms with Crippen LogP contribution in [0.25, 0.3) is 0 Å². The van der Waals surface area contributed by atoms with Crippen molar-refractivity contribution < 1.29 is 0 Å². The number of hydrogen-bond acceptors (Lipinski definition) is 1. The van der Waals surface area contributed by atoms with E-state index in [9.17, 15) is 0 Å². The lowest BCUT2D eigenvalue weighted by Crippen LogP contribution is -1.61. The van der Waals surface area contributed by atoms with E-state index in [1.54, 1.807) is 6.07 Å². The van der Waals surface area contributed by atoms with E-state index in [1.165, 1.54) is 6.92 Å². The molecule has 0 N–H and O–H groups in total. The highest BCUT2D eigenvalue weighted by Gasteiger charge is 1.60. The van der Waals surface area contributed by atoms with Gasteiger partial charge in [-0.25, -0.2) is 0 Å². The molecular weight excluding hydrogens is 222 g/mol. The van der Waals surface area contributed by atoms with Crippen LogP contribution >= 0.6 is 31.9 Å². The number of halogens is 2. The first-order valence-corrected chi connectivity index (χ1v) is 4.00. The normalized spacial score (nSPS) is 5.43. The maximum atomic E-state index is 7.32. The van der Waals surface area contributed by atoms with Crippen LogP contribution < -0.4 is 0 Å². The Hall–Kier alpha value is 0.450. The summed E-state index contributed by atoms with van der Waals surface area (Å²) in [5.74, 6) is 0. The summed E-state index contributed by atoms with van der Waals surface area (Å²) < 4.78 is 0. The molecule has 0 heterocycles. The van der Waals surface area contributed by atoms with Crippen molar-refractivity contribution in [2.24, 2.45) is 0 Å². The maximum absolute atomic E-state index is 7.32. The van der Waals surface area contributed by atoms with Gasteiger partial charge in [0.15, 0.2) is 0 Å². The molecule has 0 fully saturated rings. The van der Waals surface area contributed by atoms with E-state index in [4.69, 9.17) is 5.26 Å². The molecule has 0 atom stereocenters. The summed E-state index contributed by atoms with van der Waals surface area (Å²) in [7, 11) is 0. The van der Waals surface area contributed by atoms with Gasteiger partial charge in [0.1, 0.15) is 0 Å². The molecule has 0 aliphatic rings. The second kappa shape index (κ2) is 16.1. The largest absolute Gasteiger partial charge is 0.199 e. The van der Waals surface area contributed by atoms with Crippen molar-refractivity contribution in [2.75, 3.05) is 10.7 Å². The molecule has 0 radical (unpaired) electrons. The van der Waals surface area contributed by atoms with Crippen molar-refractivity contribution in [3.8, 4) is 6.07 Å². The molecule has 0 aliphatic heterocycles. The highest BCUT2D eigenvalue weighted by atomic mass is 79.9. The van der Waals surface area contributed by atoms with Gasteiger partial charge in [0.05, 0.1) is 6.07 Å². The van der Waals surface area contributed by atoms with Gasteiger partial charge in [0, 0.05) is 17.6 Å². The van der Waals surface area contributed by atoms with E-state index in [0.29, 0.717) is 0 Å². The minimum atomic E-state index is 1.05. The van der Waals surface area contributed by atoms with Gasteiger partial charge in [0.2, 0.25) is 0 Å². The Kier molecular flexibility index (Phi) is 24.0. The molecule has 42 valence electrons. The zero-order valence-corrected chi connectivity index (χ0v) is 7.29. The number of hydrogen-bond donors (Lipinski definition) is 0. The molecule has 0 aliphatic carbocycles. The zero-order chi connectivity index (χ0) is 6.12. The molecule has 0 saturated carbocycles. The van der Waals surface area contributed by atoms with Crippen molar-refractivity contribution >= 4 is 31.9 Å². The van der Waals surface area contributed by atoms with Gasteiger partial charge in [-0.15, -0.1) is 0 Å². The first kappa shape index (κ1) is 10.4. The van der Waals surface area contributed by atoms with Gasteiger partial charge in [0.25, 0.3) is 0 Å². The van der Waals surface area contributed by atoms with Crippen LogP contribution in [0.3, 0.4) is 0 Å². The third-order valence-electron chi connectivity index (χ3n) is 0.0714. The summed E-state index contributed by atoms with van der Waals surface area (Å²) in [4.78, 5) is 0. The van der Waals surface area contributed by atoms with E-state index >= 15 is 0 Å². The predicted octanol–water partition coefficient (Wildman–Crippen LogP) is 2.31. The van der Waals surface area contributed by atoms with Crippen molar-refractivity contribution in [3.63, 3.8) is 0 Å². The summed E-state index contributed by atoms with van der Waals surface area (Å²) in [6.07, 6.45) is 0. The molecular formula is C4H7Br2N. The van der Waals surface area contributed by atoms with E-state index in [1.807, 2.05) is 0 Å². The maximum Gasteiger partial charge on any atom is 0.0587 e. The molecule has 3 heteroatoms. The Balaban J connectivity index is 0. The average Bonchev–Trinajstić information content (AvgIpc) is 1.69. The molecule has 0 aromatic heterocycles. The Bertz CT molecular complexity index is 46.1. The molecule has 0 spiro atoms. The Morgan fingerprint density at radius 1 is 1.43 bits per heavy atom. The second-order valence-electron chi connectivity index (χ2n) is 0.602. The minimum absolute atomic E-state index is 1.05. The van der Waals surface area contributed by atoms with Crippen molar-refractivity contribution in [2.45, 2.75) is 6.92 Å². The highest BCUT2D eigenvalue weighted by Crippen LogP contribution is 1.82. The minimum Gasteiger partial charge on any atom is -0.199 e. The summed E-state index contributed by atoms with van der Waals surface area (Å²) in [5.41, 5.74) is 0. The first-order valence-electron chi connectivity index (χ1n) is 1.76. The van der Waals surface area contributed by atoms with Crippen LogP contribution in [0.2, 0.25) is 0 Å². The van der Waals surface area contributed by atoms with Crippen LogP contribution in [0.1, 0.15) is 6.92 Å². The van der Waals surface area contributed by atoms with Crippen LogP contribution in [0, 0.1) is 11.3 Å². The molecule has 0 saturated heterocycles. The van der Waals surface area contributed by atoms with Crippen LogP contribution in [-0.2, 0) is 0 Å². The standard InChI is InChI=1S/C2H4Br2.C2H3N/c3-1-2-4;1-2-3/h1-2H2;1H3. The van der Waals surface area contributed by atoms with Gasteiger partial charge in [-0.3, -0.25) is 0 Å². The molecule has 1 nitrogen and oxygen atoms in total. The Labute approximate surface area is 61.0 Å². The van der Waals surface area contributed by atoms with Crippen molar-refractivity contribution in [1.82, 2.24) is 0 Å². The number of rotatable bonds is 1. The van der Waals surface area contributed by atoms with Crippen LogP contribution in [0.5, 0.6) is 0 Å². The summed E-state index contributed by atoms with van der Waals surface area (Å²) >= 11 is 6.40. The molecule has 0 rings (SSSR count). The second-order valence-corrected chi connectivity index (χ2v) is 2.19. The fourth-order valence-electron chi connectivity index (χ4n) is 0. The number of alkyl halides is 2. The summed E-state index contributed by atoms with van der Waals surface area (Å²) in [6.45, 7) is 1.43. The fraction of sp³-hybridized carbons (Fsp3) is 0.750. The lowest BCUT2D eigenvalue weighted by atomic mass is 11.0. The van der Waals surface area contributed by atoms with E-state index < -0.39 is 0 Å². The molecule has 0 aromatic carbocycles. The predicted molar refractivity (Wildman–Crippen MR) is 38.9 cm³/mol. The van der Waals surface area contributed by atoms with Gasteiger partial charge < -0.3 is 0 Å². The molecule has 7 heavy (non-hydrogen) atoms. The number of nitrogens with zero attached hydrogens (tertiary/aromatic N) is 1. The third kappa shape index (κ3) is 60.7. The van der Waals surface area contributed by atoms with Gasteiger partial charge >= 0.3 is 0 Å². The molecule has 0 unspecified atom stereocenters. The summed E-state index contributed by atoms with van der Waals surface area (Å²) in [5, 5.41) is 9.42. The SMILES string of the molecule is BrCCBr.CC#N. The van der Waals surface area contributed by atoms with Gasteiger partial charge in [-0.2, -0.15) is 5.26 Å². The lowest BCUT2D eigenvalue weighted by molar-refractivity contribution is 1.49. The van der Waals surface area contributed by atoms with Crippen LogP contribution in [0.4, 0.5) is 0 Å². The van der Waals surface area contributed by atoms with E-state index in [2.05, 4.69) is 31.9 Å². The molecule has 0 bridgehead atoms. The van der Waals surface area contributed by atoms with Crippen molar-refractivity contribution in [1.29, 1.82) is 5.26 Å². The number of nitriles is 1. The monoisotopic (exact) mass is 227 g/mol. The van der Waals surface area contributed by atoms with Crippen molar-refractivity contribution in [3.05, 3.63) is 0 Å². The van der Waals surface area contributed by atoms with Gasteiger partial charge in [-0.05, 0) is 0 Å². The third-order valence-corrected chi connectivity index (χ3v) is 1.93. The smallest absolute Gasteiger partial charge is 0.0587 e. The molecule has 0 amide bonds. The Morgan fingerprint density at radius 3 is 1.57 bits per heavy atom. The van der Waals surface area contributed by atoms with Gasteiger partial charge in [-0.1, -0.05) is 31.9 Å². The first-order chi connectivity index (χ1) is 3.33. The molecule has 0 aromatic rings. The topological polar surface area (TPSA) is 23.8 Å². The van der Waals surface area contributed by atoms with E-state index in [-0.39, 0.29) is 0 Å². The summed E-state index contributed by atoms with van der Waals surface area (Å²) in [6, 6.07) is 1.75. The zero-order valence-electron chi connectivity index (χ0n) is 4.12. The van der Waals surface area contributed by atoms with Crippen LogP contribution in [0.15, 0.2) is 0 Å². The fourth-order valence-corrected chi connectivity index (χ4v) is 0. The highest BCUT2D eigenvalue weighted by molar-refractivity contribution is 9.11. The average molecular weight is 229 g/mol. The quantitative estimate of drug-likeness (QED) is 0.632. The van der Waals surface area contributed by atoms with Crippen LogP contribution in [-0.4, -0.2) is 10.7 Å². The lowest BCUT2D eigenvalue weighted by Gasteiger charge is -1.63. The van der Waals surface area contributed by atoms with E-state index in [0.717, 1.165) is 10.7 Å².